The molecule has 1 aromatic heterocycles. The molecule has 1 aromatic rings. The van der Waals surface area contributed by atoms with Crippen LogP contribution in [0, 0.1) is 0 Å². The number of aliphatic hydroxyl groups excluding tert-OH is 1. The van der Waals surface area contributed by atoms with Crippen molar-refractivity contribution in [1.29, 1.82) is 0 Å². The SMILES string of the molecule is COc1ccc([C@H](N)CO)cn1.Cl.Cl. The van der Waals surface area contributed by atoms with Crippen LogP contribution < -0.4 is 10.5 Å². The molecule has 0 fully saturated rings. The van der Waals surface area contributed by atoms with Crippen LogP contribution in [0.5, 0.6) is 5.88 Å². The number of hydrogen-bond acceptors (Lipinski definition) is 4. The van der Waals surface area contributed by atoms with Crippen molar-refractivity contribution in [1.82, 2.24) is 4.98 Å². The highest BCUT2D eigenvalue weighted by molar-refractivity contribution is 5.85. The van der Waals surface area contributed by atoms with E-state index in [1.165, 1.54) is 0 Å². The molecule has 4 nitrogen and oxygen atoms in total. The lowest BCUT2D eigenvalue weighted by molar-refractivity contribution is 0.267. The Labute approximate surface area is 95.3 Å². The Morgan fingerprint density at radius 3 is 2.50 bits per heavy atom. The average molecular weight is 241 g/mol. The largest absolute Gasteiger partial charge is 0.481 e. The molecule has 1 atom stereocenters. The second kappa shape index (κ2) is 7.82. The van der Waals surface area contributed by atoms with Crippen molar-refractivity contribution in [3.8, 4) is 5.88 Å². The highest BCUT2D eigenvalue weighted by Crippen LogP contribution is 2.11. The van der Waals surface area contributed by atoms with Gasteiger partial charge in [-0.05, 0) is 5.56 Å². The van der Waals surface area contributed by atoms with E-state index in [1.54, 1.807) is 25.4 Å². The van der Waals surface area contributed by atoms with Gasteiger partial charge in [-0.25, -0.2) is 4.98 Å². The molecule has 3 N–H and O–H groups in total. The minimum absolute atomic E-state index is 0. The van der Waals surface area contributed by atoms with Crippen LogP contribution in [-0.4, -0.2) is 23.8 Å². The Bertz CT molecular complexity index is 244. The standard InChI is InChI=1S/C8H12N2O2.2ClH/c1-12-8-3-2-6(4-10-8)7(9)5-11;;/h2-4,7,11H,5,9H2,1H3;2*1H/t7-;;/m1../s1. The molecule has 0 aliphatic rings. The molecule has 0 amide bonds. The summed E-state index contributed by atoms with van der Waals surface area (Å²) in [6, 6.07) is 3.14. The monoisotopic (exact) mass is 240 g/mol. The molecule has 0 radical (unpaired) electrons. The van der Waals surface area contributed by atoms with Crippen molar-refractivity contribution in [3.05, 3.63) is 23.9 Å². The first kappa shape index (κ1) is 15.9. The molecule has 0 saturated carbocycles. The molecule has 6 heteroatoms. The number of nitrogens with zero attached hydrogens (tertiary/aromatic N) is 1. The summed E-state index contributed by atoms with van der Waals surface area (Å²) >= 11 is 0. The van der Waals surface area contributed by atoms with Gasteiger partial charge in [-0.2, -0.15) is 0 Å². The van der Waals surface area contributed by atoms with Gasteiger partial charge in [0.25, 0.3) is 0 Å². The van der Waals surface area contributed by atoms with Crippen LogP contribution in [0.1, 0.15) is 11.6 Å². The number of ether oxygens (including phenoxy) is 1. The molecule has 0 aliphatic carbocycles. The first-order valence-corrected chi connectivity index (χ1v) is 3.64. The van der Waals surface area contributed by atoms with E-state index >= 15 is 0 Å². The summed E-state index contributed by atoms with van der Waals surface area (Å²) in [6.07, 6.45) is 1.60. The minimum Gasteiger partial charge on any atom is -0.481 e. The fourth-order valence-corrected chi connectivity index (χ4v) is 0.837. The fourth-order valence-electron chi connectivity index (χ4n) is 0.837. The van der Waals surface area contributed by atoms with Gasteiger partial charge in [-0.15, -0.1) is 24.8 Å². The minimum atomic E-state index is -0.358. The van der Waals surface area contributed by atoms with Crippen molar-refractivity contribution in [2.24, 2.45) is 5.73 Å². The lowest BCUT2D eigenvalue weighted by Crippen LogP contribution is -2.14. The maximum atomic E-state index is 8.73. The summed E-state index contributed by atoms with van der Waals surface area (Å²) in [5.74, 6) is 0.545. The summed E-state index contributed by atoms with van der Waals surface area (Å²) in [5, 5.41) is 8.73. The zero-order valence-corrected chi connectivity index (χ0v) is 9.35. The summed E-state index contributed by atoms with van der Waals surface area (Å²) in [7, 11) is 1.55. The molecule has 0 spiro atoms. The zero-order chi connectivity index (χ0) is 8.97. The smallest absolute Gasteiger partial charge is 0.212 e. The number of pyridine rings is 1. The molecule has 0 bridgehead atoms. The van der Waals surface area contributed by atoms with Gasteiger partial charge in [0.1, 0.15) is 0 Å². The summed E-state index contributed by atoms with van der Waals surface area (Å²) in [6.45, 7) is -0.0754. The lowest BCUT2D eigenvalue weighted by atomic mass is 10.1. The number of hydrogen-bond donors (Lipinski definition) is 2. The highest BCUT2D eigenvalue weighted by Gasteiger charge is 2.03. The van der Waals surface area contributed by atoms with E-state index in [0.717, 1.165) is 5.56 Å². The molecule has 14 heavy (non-hydrogen) atoms. The quantitative estimate of drug-likeness (QED) is 0.825. The van der Waals surface area contributed by atoms with Gasteiger partial charge < -0.3 is 15.6 Å². The molecule has 82 valence electrons. The summed E-state index contributed by atoms with van der Waals surface area (Å²) in [5.41, 5.74) is 6.36. The Balaban J connectivity index is 0. The van der Waals surface area contributed by atoms with Gasteiger partial charge >= 0.3 is 0 Å². The first-order chi connectivity index (χ1) is 5.77. The number of methoxy groups -OCH3 is 1. The van der Waals surface area contributed by atoms with Crippen LogP contribution in [0.15, 0.2) is 18.3 Å². The lowest BCUT2D eigenvalue weighted by Gasteiger charge is -2.07. The molecule has 0 aliphatic heterocycles. The van der Waals surface area contributed by atoms with Crippen LogP contribution in [0.4, 0.5) is 0 Å². The molecule has 0 unspecified atom stereocenters. The van der Waals surface area contributed by atoms with Gasteiger partial charge in [-0.3, -0.25) is 0 Å². The number of nitrogens with two attached hydrogens (primary N) is 1. The van der Waals surface area contributed by atoms with Crippen molar-refractivity contribution in [3.63, 3.8) is 0 Å². The highest BCUT2D eigenvalue weighted by atomic mass is 35.5. The number of aliphatic hydroxyl groups is 1. The predicted molar refractivity (Wildman–Crippen MR) is 59.3 cm³/mol. The molecular weight excluding hydrogens is 227 g/mol. The normalized spacial score (nSPS) is 10.8. The van der Waals surface area contributed by atoms with Gasteiger partial charge in [0.15, 0.2) is 0 Å². The van der Waals surface area contributed by atoms with Crippen molar-refractivity contribution < 1.29 is 9.84 Å². The maximum absolute atomic E-state index is 8.73. The van der Waals surface area contributed by atoms with Crippen LogP contribution in [0.3, 0.4) is 0 Å². The molecule has 0 aromatic carbocycles. The van der Waals surface area contributed by atoms with E-state index in [2.05, 4.69) is 4.98 Å². The zero-order valence-electron chi connectivity index (χ0n) is 7.71. The number of aromatic nitrogens is 1. The fraction of sp³-hybridized carbons (Fsp3) is 0.375. The van der Waals surface area contributed by atoms with Crippen LogP contribution >= 0.6 is 24.8 Å². The average Bonchev–Trinajstić information content (AvgIpc) is 2.17. The van der Waals surface area contributed by atoms with E-state index in [9.17, 15) is 0 Å². The number of rotatable bonds is 3. The molecule has 1 heterocycles. The Morgan fingerprint density at radius 1 is 1.50 bits per heavy atom. The maximum Gasteiger partial charge on any atom is 0.212 e. The van der Waals surface area contributed by atoms with Crippen molar-refractivity contribution in [2.75, 3.05) is 13.7 Å². The van der Waals surface area contributed by atoms with Crippen LogP contribution in [0.2, 0.25) is 0 Å². The summed E-state index contributed by atoms with van der Waals surface area (Å²) in [4.78, 5) is 3.95. The van der Waals surface area contributed by atoms with Crippen LogP contribution in [-0.2, 0) is 0 Å². The Hall–Kier alpha value is -0.550. The molecule has 0 saturated heterocycles. The van der Waals surface area contributed by atoms with Gasteiger partial charge in [0.2, 0.25) is 5.88 Å². The Kier molecular flexibility index (Phi) is 8.88. The van der Waals surface area contributed by atoms with Gasteiger partial charge in [0.05, 0.1) is 19.8 Å². The third-order valence-corrected chi connectivity index (χ3v) is 1.59. The first-order valence-electron chi connectivity index (χ1n) is 3.64. The topological polar surface area (TPSA) is 68.4 Å². The van der Waals surface area contributed by atoms with E-state index in [0.29, 0.717) is 5.88 Å². The third-order valence-electron chi connectivity index (χ3n) is 1.59. The van der Waals surface area contributed by atoms with E-state index < -0.39 is 0 Å². The molecule has 1 rings (SSSR count). The van der Waals surface area contributed by atoms with Crippen molar-refractivity contribution >= 4 is 24.8 Å². The number of halogens is 2. The predicted octanol–water partition coefficient (Wildman–Crippen LogP) is 0.926. The third kappa shape index (κ3) is 4.11. The van der Waals surface area contributed by atoms with Crippen LogP contribution in [0.25, 0.3) is 0 Å². The van der Waals surface area contributed by atoms with Gasteiger partial charge in [-0.1, -0.05) is 6.07 Å². The van der Waals surface area contributed by atoms with Gasteiger partial charge in [0, 0.05) is 12.3 Å². The Morgan fingerprint density at radius 2 is 2.14 bits per heavy atom. The van der Waals surface area contributed by atoms with E-state index in [1.807, 2.05) is 0 Å². The second-order valence-electron chi connectivity index (χ2n) is 2.42. The van der Waals surface area contributed by atoms with Crippen molar-refractivity contribution in [2.45, 2.75) is 6.04 Å². The summed E-state index contributed by atoms with van der Waals surface area (Å²) < 4.78 is 4.87. The second-order valence-corrected chi connectivity index (χ2v) is 2.42. The molecular formula is C8H14Cl2N2O2. The van der Waals surface area contributed by atoms with E-state index in [4.69, 9.17) is 15.6 Å². The van der Waals surface area contributed by atoms with E-state index in [-0.39, 0.29) is 37.5 Å².